The third-order valence-corrected chi connectivity index (χ3v) is 1.88. The van der Waals surface area contributed by atoms with Gasteiger partial charge in [0, 0.05) is 6.42 Å². The molecule has 0 aromatic heterocycles. The van der Waals surface area contributed by atoms with Crippen LogP contribution in [-0.4, -0.2) is 45.8 Å². The zero-order valence-corrected chi connectivity index (χ0v) is 6.93. The molecule has 0 saturated carbocycles. The molecule has 0 aromatic rings. The first kappa shape index (κ1) is 11.7. The fourth-order valence-corrected chi connectivity index (χ4v) is 1.32. The largest absolute Gasteiger partial charge is 0.546 e. The lowest BCUT2D eigenvalue weighted by Crippen LogP contribution is -2.46. The van der Waals surface area contributed by atoms with E-state index >= 15 is 0 Å². The van der Waals surface area contributed by atoms with Gasteiger partial charge < -0.3 is 20.5 Å². The predicted octanol–water partition coefficient (Wildman–Crippen LogP) is -4.67. The second kappa shape index (κ2) is 4.06. The summed E-state index contributed by atoms with van der Waals surface area (Å²) in [7, 11) is 0. The molecule has 1 rings (SSSR count). The third-order valence-electron chi connectivity index (χ3n) is 1.88. The standard InChI is InChI=1S/C6H11N3O3.H2O/c7-6(8)9-2-3(10)1-4(9)5(11)12;/h3-4,10H,1-2H2,(H4,7,8,11,12);1H2/t3-,4+;/m1./s1. The number of carbonyl (C=O) groups is 1. The normalized spacial score (nSPS) is 26.7. The van der Waals surface area contributed by atoms with Gasteiger partial charge in [-0.05, 0) is 0 Å². The van der Waals surface area contributed by atoms with Crippen molar-refractivity contribution in [3.05, 3.63) is 0 Å². The Hall–Kier alpha value is -1.34. The number of aliphatic carboxylic acids is 1. The number of nitrogens with two attached hydrogens (primary N) is 2. The van der Waals surface area contributed by atoms with Gasteiger partial charge in [-0.15, -0.1) is 0 Å². The van der Waals surface area contributed by atoms with Gasteiger partial charge in [-0.1, -0.05) is 0 Å². The fraction of sp³-hybridized carbons (Fsp3) is 0.667. The lowest BCUT2D eigenvalue weighted by molar-refractivity contribution is -0.547. The summed E-state index contributed by atoms with van der Waals surface area (Å²) < 4.78 is 1.22. The van der Waals surface area contributed by atoms with Crippen molar-refractivity contribution < 1.29 is 25.1 Å². The molecule has 0 amide bonds. The van der Waals surface area contributed by atoms with Gasteiger partial charge in [0.15, 0.2) is 0 Å². The van der Waals surface area contributed by atoms with E-state index in [1.54, 1.807) is 0 Å². The summed E-state index contributed by atoms with van der Waals surface area (Å²) in [5.74, 6) is -1.36. The maximum atomic E-state index is 10.5. The van der Waals surface area contributed by atoms with Crippen molar-refractivity contribution in [3.8, 4) is 0 Å². The van der Waals surface area contributed by atoms with E-state index in [9.17, 15) is 9.90 Å². The Labute approximate surface area is 74.6 Å². The van der Waals surface area contributed by atoms with Crippen LogP contribution in [0.4, 0.5) is 0 Å². The highest BCUT2D eigenvalue weighted by atomic mass is 16.4. The molecule has 1 saturated heterocycles. The van der Waals surface area contributed by atoms with Crippen LogP contribution in [0.15, 0.2) is 0 Å². The van der Waals surface area contributed by atoms with Crippen molar-refractivity contribution in [2.75, 3.05) is 6.54 Å². The number of hydrogen-bond donors (Lipinski definition) is 3. The van der Waals surface area contributed by atoms with Crippen LogP contribution < -0.4 is 16.6 Å². The minimum Gasteiger partial charge on any atom is -0.546 e. The van der Waals surface area contributed by atoms with E-state index in [0.717, 1.165) is 0 Å². The second-order valence-corrected chi connectivity index (χ2v) is 2.80. The minimum absolute atomic E-state index is 0. The number of nitrogens with zero attached hydrogens (tertiary/aromatic N) is 1. The number of carboxylic acids is 1. The van der Waals surface area contributed by atoms with Gasteiger partial charge in [-0.3, -0.25) is 16.0 Å². The number of carbonyl (C=O) groups excluding carboxylic acids is 1. The van der Waals surface area contributed by atoms with Crippen molar-refractivity contribution in [1.82, 2.24) is 0 Å². The number of hydrogen-bond acceptors (Lipinski definition) is 3. The Morgan fingerprint density at radius 1 is 1.54 bits per heavy atom. The van der Waals surface area contributed by atoms with E-state index in [1.165, 1.54) is 4.58 Å². The molecule has 76 valence electrons. The van der Waals surface area contributed by atoms with E-state index in [0.29, 0.717) is 0 Å². The van der Waals surface area contributed by atoms with Gasteiger partial charge >= 0.3 is 5.96 Å². The first-order chi connectivity index (χ1) is 5.52. The number of rotatable bonds is 1. The number of aliphatic hydroxyl groups is 1. The van der Waals surface area contributed by atoms with E-state index < -0.39 is 18.1 Å². The van der Waals surface area contributed by atoms with E-state index in [-0.39, 0.29) is 24.4 Å². The van der Waals surface area contributed by atoms with Crippen LogP contribution in [0.3, 0.4) is 0 Å². The number of aliphatic hydroxyl groups excluding tert-OH is 1. The van der Waals surface area contributed by atoms with Gasteiger partial charge in [0.1, 0.15) is 6.04 Å². The number of carboxylic acid groups (broad SMARTS) is 1. The summed E-state index contributed by atoms with van der Waals surface area (Å²) in [6.45, 7) is 0.154. The molecule has 1 fully saturated rings. The summed E-state index contributed by atoms with van der Waals surface area (Å²) in [6.07, 6.45) is -0.588. The van der Waals surface area contributed by atoms with Gasteiger partial charge in [-0.2, -0.15) is 0 Å². The maximum Gasteiger partial charge on any atom is 0.341 e. The van der Waals surface area contributed by atoms with Crippen LogP contribution in [-0.2, 0) is 4.79 Å². The monoisotopic (exact) mass is 191 g/mol. The molecule has 1 heterocycles. The Bertz CT molecular complexity index is 236. The van der Waals surface area contributed by atoms with Crippen LogP contribution >= 0.6 is 0 Å². The second-order valence-electron chi connectivity index (χ2n) is 2.80. The predicted molar refractivity (Wildman–Crippen MR) is 41.5 cm³/mol. The Kier molecular flexibility index (Phi) is 3.64. The van der Waals surface area contributed by atoms with E-state index in [4.69, 9.17) is 16.6 Å². The molecule has 0 spiro atoms. The maximum absolute atomic E-state index is 10.5. The Morgan fingerprint density at radius 2 is 2.08 bits per heavy atom. The van der Waals surface area contributed by atoms with Crippen LogP contribution in [0.2, 0.25) is 0 Å². The first-order valence-electron chi connectivity index (χ1n) is 3.56. The van der Waals surface area contributed by atoms with Crippen molar-refractivity contribution in [2.24, 2.45) is 11.5 Å². The molecule has 1 aliphatic rings. The number of β-amino-alcohol motifs (C(OH)–C–C–N with tert-alkyl or cyclic N) is 1. The average molecular weight is 191 g/mol. The summed E-state index contributed by atoms with van der Waals surface area (Å²) in [6, 6.07) is -0.898. The molecule has 7 N–H and O–H groups in total. The highest BCUT2D eigenvalue weighted by Gasteiger charge is 2.32. The van der Waals surface area contributed by atoms with Crippen LogP contribution in [0.25, 0.3) is 0 Å². The highest BCUT2D eigenvalue weighted by molar-refractivity contribution is 5.75. The molecule has 7 nitrogen and oxygen atoms in total. The average Bonchev–Trinajstić information content (AvgIpc) is 2.31. The van der Waals surface area contributed by atoms with Crippen molar-refractivity contribution in [2.45, 2.75) is 18.6 Å². The van der Waals surface area contributed by atoms with Gasteiger partial charge in [0.25, 0.3) is 0 Å². The van der Waals surface area contributed by atoms with E-state index in [1.807, 2.05) is 0 Å². The topological polar surface area (TPSA) is 147 Å². The molecule has 0 aromatic carbocycles. The summed E-state index contributed by atoms with van der Waals surface area (Å²) in [4.78, 5) is 10.5. The van der Waals surface area contributed by atoms with Crippen molar-refractivity contribution >= 4 is 11.9 Å². The molecule has 1 aliphatic heterocycles. The molecule has 0 aliphatic carbocycles. The molecule has 0 radical (unpaired) electrons. The van der Waals surface area contributed by atoms with Crippen LogP contribution in [0.5, 0.6) is 0 Å². The first-order valence-corrected chi connectivity index (χ1v) is 3.56. The molecular weight excluding hydrogens is 178 g/mol. The Balaban J connectivity index is 0.00000144. The van der Waals surface area contributed by atoms with Gasteiger partial charge in [0.05, 0.1) is 18.6 Å². The highest BCUT2D eigenvalue weighted by Crippen LogP contribution is 2.11. The molecule has 2 atom stereocenters. The van der Waals surface area contributed by atoms with E-state index in [2.05, 4.69) is 0 Å². The lowest BCUT2D eigenvalue weighted by atomic mass is 10.2. The Morgan fingerprint density at radius 3 is 2.38 bits per heavy atom. The van der Waals surface area contributed by atoms with Crippen molar-refractivity contribution in [1.29, 1.82) is 0 Å². The fourth-order valence-electron chi connectivity index (χ4n) is 1.32. The zero-order valence-electron chi connectivity index (χ0n) is 6.93. The van der Waals surface area contributed by atoms with Crippen molar-refractivity contribution in [3.63, 3.8) is 0 Å². The third kappa shape index (κ3) is 2.30. The summed E-state index contributed by atoms with van der Waals surface area (Å²) in [5, 5.41) is 19.6. The minimum atomic E-state index is -1.26. The molecule has 7 heteroatoms. The van der Waals surface area contributed by atoms with Gasteiger partial charge in [0.2, 0.25) is 0 Å². The summed E-state index contributed by atoms with van der Waals surface area (Å²) >= 11 is 0. The quantitative estimate of drug-likeness (QED) is 0.281. The molecule has 0 unspecified atom stereocenters. The smallest absolute Gasteiger partial charge is 0.341 e. The van der Waals surface area contributed by atoms with Crippen LogP contribution in [0, 0.1) is 0 Å². The molecular formula is C6H13N3O4. The SMILES string of the molecule is NC(N)=[N+]1C[C@H](O)C[C@H]1C(=O)[O-].O. The summed E-state index contributed by atoms with van der Waals surface area (Å²) in [5.41, 5.74) is 10.4. The van der Waals surface area contributed by atoms with Crippen LogP contribution in [0.1, 0.15) is 6.42 Å². The lowest BCUT2D eigenvalue weighted by Gasteiger charge is -2.12. The van der Waals surface area contributed by atoms with Gasteiger partial charge in [-0.25, -0.2) is 0 Å². The zero-order chi connectivity index (χ0) is 9.30. The molecule has 13 heavy (non-hydrogen) atoms. The molecule has 0 bridgehead atoms. The number of guanidine groups is 1.